The number of rotatable bonds is 7. The van der Waals surface area contributed by atoms with Gasteiger partial charge in [-0.3, -0.25) is 4.79 Å². The standard InChI is InChI=1S/C24H25ClN4O4S/c1-16(33-22-14-19(25)15-27-23(22)26)17-6-4-8-20(12-17)28-24(30)18-7-5-9-21(13-18)34(31,32)29-10-2-3-11-29/h4-9,12-16H,2-3,10-11H2,1H3,(H2,26,27)(H,28,30). The van der Waals surface area contributed by atoms with Crippen molar-refractivity contribution in [1.82, 2.24) is 9.29 Å². The summed E-state index contributed by atoms with van der Waals surface area (Å²) in [5.41, 5.74) is 7.46. The Hall–Kier alpha value is -3.14. The summed E-state index contributed by atoms with van der Waals surface area (Å²) in [5.74, 6) is 0.183. The molecule has 1 amide bonds. The molecule has 34 heavy (non-hydrogen) atoms. The Labute approximate surface area is 203 Å². The molecular weight excluding hydrogens is 476 g/mol. The molecule has 1 saturated heterocycles. The monoisotopic (exact) mass is 500 g/mol. The summed E-state index contributed by atoms with van der Waals surface area (Å²) < 4.78 is 33.0. The van der Waals surface area contributed by atoms with Crippen molar-refractivity contribution in [3.63, 3.8) is 0 Å². The van der Waals surface area contributed by atoms with Crippen LogP contribution in [0.25, 0.3) is 0 Å². The van der Waals surface area contributed by atoms with Gasteiger partial charge >= 0.3 is 0 Å². The number of benzene rings is 2. The second-order valence-corrected chi connectivity index (χ2v) is 10.4. The number of sulfonamides is 1. The van der Waals surface area contributed by atoms with Gasteiger partial charge in [-0.25, -0.2) is 13.4 Å². The summed E-state index contributed by atoms with van der Waals surface area (Å²) in [7, 11) is -3.61. The van der Waals surface area contributed by atoms with E-state index in [2.05, 4.69) is 10.3 Å². The molecule has 2 heterocycles. The fraction of sp³-hybridized carbons (Fsp3) is 0.250. The Morgan fingerprint density at radius 2 is 1.88 bits per heavy atom. The highest BCUT2D eigenvalue weighted by molar-refractivity contribution is 7.89. The number of pyridine rings is 1. The summed E-state index contributed by atoms with van der Waals surface area (Å²) in [4.78, 5) is 17.0. The van der Waals surface area contributed by atoms with Crippen LogP contribution in [0.5, 0.6) is 5.75 Å². The number of carbonyl (C=O) groups is 1. The fourth-order valence-corrected chi connectivity index (χ4v) is 5.44. The Kier molecular flexibility index (Phi) is 7.06. The summed E-state index contributed by atoms with van der Waals surface area (Å²) >= 11 is 5.98. The number of halogens is 1. The van der Waals surface area contributed by atoms with Gasteiger partial charge in [0.25, 0.3) is 5.91 Å². The van der Waals surface area contributed by atoms with Crippen molar-refractivity contribution < 1.29 is 17.9 Å². The number of anilines is 2. The number of ether oxygens (including phenoxy) is 1. The van der Waals surface area contributed by atoms with Crippen LogP contribution >= 0.6 is 11.6 Å². The molecule has 3 aromatic rings. The van der Waals surface area contributed by atoms with Crippen molar-refractivity contribution in [3.8, 4) is 5.75 Å². The van der Waals surface area contributed by atoms with Crippen molar-refractivity contribution in [2.75, 3.05) is 24.1 Å². The van der Waals surface area contributed by atoms with E-state index in [-0.39, 0.29) is 16.3 Å². The number of hydrogen-bond acceptors (Lipinski definition) is 6. The molecule has 1 aliphatic heterocycles. The zero-order valence-electron chi connectivity index (χ0n) is 18.6. The molecule has 1 unspecified atom stereocenters. The SMILES string of the molecule is CC(Oc1cc(Cl)cnc1N)c1cccc(NC(=O)c2cccc(S(=O)(=O)N3CCCC3)c2)c1. The van der Waals surface area contributed by atoms with Crippen LogP contribution in [0.1, 0.15) is 41.8 Å². The second-order valence-electron chi connectivity index (χ2n) is 8.02. The molecule has 3 N–H and O–H groups in total. The summed E-state index contributed by atoms with van der Waals surface area (Å²) in [6.45, 7) is 2.85. The largest absolute Gasteiger partial charge is 0.482 e. The molecular formula is C24H25ClN4O4S. The van der Waals surface area contributed by atoms with Gasteiger partial charge < -0.3 is 15.8 Å². The van der Waals surface area contributed by atoms with Crippen LogP contribution in [-0.4, -0.2) is 36.7 Å². The highest BCUT2D eigenvalue weighted by Gasteiger charge is 2.27. The van der Waals surface area contributed by atoms with E-state index in [0.717, 1.165) is 18.4 Å². The third kappa shape index (κ3) is 5.32. The van der Waals surface area contributed by atoms with E-state index in [1.54, 1.807) is 36.4 Å². The maximum absolute atomic E-state index is 12.9. The molecule has 0 aliphatic carbocycles. The molecule has 1 atom stereocenters. The average molecular weight is 501 g/mol. The van der Waals surface area contributed by atoms with E-state index in [0.29, 0.717) is 29.5 Å². The molecule has 1 aliphatic rings. The van der Waals surface area contributed by atoms with E-state index in [1.807, 2.05) is 13.0 Å². The number of hydrogen-bond donors (Lipinski definition) is 2. The van der Waals surface area contributed by atoms with Crippen LogP contribution in [-0.2, 0) is 10.0 Å². The van der Waals surface area contributed by atoms with Crippen LogP contribution in [0.15, 0.2) is 65.7 Å². The highest BCUT2D eigenvalue weighted by Crippen LogP contribution is 2.29. The summed E-state index contributed by atoms with van der Waals surface area (Å²) in [5, 5.41) is 3.23. The predicted octanol–water partition coefficient (Wildman–Crippen LogP) is 4.49. The Balaban J connectivity index is 1.49. The summed E-state index contributed by atoms with van der Waals surface area (Å²) in [6.07, 6.45) is 2.74. The Morgan fingerprint density at radius 3 is 2.65 bits per heavy atom. The molecule has 0 spiro atoms. The van der Waals surface area contributed by atoms with Crippen LogP contribution in [0.2, 0.25) is 5.02 Å². The molecule has 1 fully saturated rings. The lowest BCUT2D eigenvalue weighted by molar-refractivity contribution is 0.102. The van der Waals surface area contributed by atoms with Crippen molar-refractivity contribution in [1.29, 1.82) is 0 Å². The van der Waals surface area contributed by atoms with Gasteiger partial charge in [-0.1, -0.05) is 29.8 Å². The minimum absolute atomic E-state index is 0.116. The van der Waals surface area contributed by atoms with Crippen LogP contribution in [0.3, 0.4) is 0 Å². The van der Waals surface area contributed by atoms with Crippen LogP contribution < -0.4 is 15.8 Å². The third-order valence-corrected chi connectivity index (χ3v) is 7.67. The average Bonchev–Trinajstić information content (AvgIpc) is 3.38. The number of nitrogens with one attached hydrogen (secondary N) is 1. The van der Waals surface area contributed by atoms with Gasteiger partial charge in [0.05, 0.1) is 9.92 Å². The van der Waals surface area contributed by atoms with Crippen molar-refractivity contribution in [2.24, 2.45) is 0 Å². The third-order valence-electron chi connectivity index (χ3n) is 5.57. The smallest absolute Gasteiger partial charge is 0.255 e. The number of carbonyl (C=O) groups excluding carboxylic acids is 1. The lowest BCUT2D eigenvalue weighted by Crippen LogP contribution is -2.28. The minimum atomic E-state index is -3.61. The molecule has 178 valence electrons. The summed E-state index contributed by atoms with van der Waals surface area (Å²) in [6, 6.07) is 14.9. The van der Waals surface area contributed by atoms with E-state index in [4.69, 9.17) is 22.1 Å². The van der Waals surface area contributed by atoms with E-state index in [9.17, 15) is 13.2 Å². The van der Waals surface area contributed by atoms with Gasteiger partial charge in [-0.05, 0) is 55.7 Å². The van der Waals surface area contributed by atoms with Gasteiger partial charge in [-0.15, -0.1) is 0 Å². The lowest BCUT2D eigenvalue weighted by Gasteiger charge is -2.17. The second kappa shape index (κ2) is 10.0. The van der Waals surface area contributed by atoms with E-state index in [1.165, 1.54) is 22.6 Å². The zero-order chi connectivity index (χ0) is 24.3. The first-order chi connectivity index (χ1) is 16.2. The molecule has 4 rings (SSSR count). The molecule has 8 nitrogen and oxygen atoms in total. The van der Waals surface area contributed by atoms with Crippen molar-refractivity contribution >= 4 is 39.0 Å². The maximum Gasteiger partial charge on any atom is 0.255 e. The van der Waals surface area contributed by atoms with Gasteiger partial charge in [0, 0.05) is 36.6 Å². The van der Waals surface area contributed by atoms with E-state index < -0.39 is 22.0 Å². The number of amides is 1. The quantitative estimate of drug-likeness (QED) is 0.493. The first-order valence-corrected chi connectivity index (χ1v) is 12.6. The Morgan fingerprint density at radius 1 is 1.15 bits per heavy atom. The number of nitrogens with zero attached hydrogens (tertiary/aromatic N) is 2. The van der Waals surface area contributed by atoms with Gasteiger partial charge in [0.1, 0.15) is 6.10 Å². The van der Waals surface area contributed by atoms with Crippen molar-refractivity contribution in [3.05, 3.63) is 76.9 Å². The zero-order valence-corrected chi connectivity index (χ0v) is 20.1. The van der Waals surface area contributed by atoms with Crippen molar-refractivity contribution in [2.45, 2.75) is 30.8 Å². The first-order valence-electron chi connectivity index (χ1n) is 10.8. The minimum Gasteiger partial charge on any atom is -0.482 e. The number of nitrogens with two attached hydrogens (primary N) is 1. The molecule has 2 aromatic carbocycles. The normalized spacial score (nSPS) is 15.1. The lowest BCUT2D eigenvalue weighted by atomic mass is 10.1. The molecule has 1 aromatic heterocycles. The molecule has 0 bridgehead atoms. The van der Waals surface area contributed by atoms with E-state index >= 15 is 0 Å². The van der Waals surface area contributed by atoms with Crippen LogP contribution in [0, 0.1) is 0 Å². The van der Waals surface area contributed by atoms with Gasteiger partial charge in [-0.2, -0.15) is 4.31 Å². The Bertz CT molecular complexity index is 1310. The fourth-order valence-electron chi connectivity index (χ4n) is 3.73. The predicted molar refractivity (Wildman–Crippen MR) is 132 cm³/mol. The topological polar surface area (TPSA) is 115 Å². The number of aromatic nitrogens is 1. The van der Waals surface area contributed by atoms with Crippen LogP contribution in [0.4, 0.5) is 11.5 Å². The molecule has 0 saturated carbocycles. The maximum atomic E-state index is 12.9. The number of nitrogen functional groups attached to an aromatic ring is 1. The van der Waals surface area contributed by atoms with Gasteiger partial charge in [0.15, 0.2) is 11.6 Å². The van der Waals surface area contributed by atoms with Gasteiger partial charge in [0.2, 0.25) is 10.0 Å². The highest BCUT2D eigenvalue weighted by atomic mass is 35.5. The molecule has 10 heteroatoms. The first kappa shape index (κ1) is 24.0. The molecule has 0 radical (unpaired) electrons.